The second-order valence-electron chi connectivity index (χ2n) is 10.4. The van der Waals surface area contributed by atoms with Gasteiger partial charge in [-0.25, -0.2) is 0 Å². The Kier molecular flexibility index (Phi) is 5.96. The maximum Gasteiger partial charge on any atom is 0.573 e. The van der Waals surface area contributed by atoms with Gasteiger partial charge < -0.3 is 14.7 Å². The van der Waals surface area contributed by atoms with Gasteiger partial charge in [-0.1, -0.05) is 31.4 Å². The average Bonchev–Trinajstić information content (AvgIpc) is 3.31. The van der Waals surface area contributed by atoms with Gasteiger partial charge in [-0.15, -0.1) is 13.2 Å². The van der Waals surface area contributed by atoms with Crippen LogP contribution in [0.2, 0.25) is 0 Å². The highest BCUT2D eigenvalue weighted by molar-refractivity contribution is 5.45. The van der Waals surface area contributed by atoms with E-state index in [1.54, 1.807) is 6.07 Å². The Balaban J connectivity index is 1.38. The smallest absolute Gasteiger partial charge is 0.406 e. The molecule has 2 saturated carbocycles. The highest BCUT2D eigenvalue weighted by Gasteiger charge is 2.68. The first kappa shape index (κ1) is 22.5. The van der Waals surface area contributed by atoms with E-state index in [9.17, 15) is 18.3 Å². The van der Waals surface area contributed by atoms with Crippen LogP contribution in [0.5, 0.6) is 5.75 Å². The van der Waals surface area contributed by atoms with Gasteiger partial charge in [0, 0.05) is 17.5 Å². The molecule has 32 heavy (non-hydrogen) atoms. The Hall–Kier alpha value is -1.31. The zero-order valence-corrected chi connectivity index (χ0v) is 18.7. The van der Waals surface area contributed by atoms with Gasteiger partial charge in [0.2, 0.25) is 0 Å². The number of rotatable bonds is 5. The van der Waals surface area contributed by atoms with Crippen molar-refractivity contribution in [3.8, 4) is 5.75 Å². The fraction of sp³-hybridized carbons (Fsp3) is 0.760. The lowest BCUT2D eigenvalue weighted by molar-refractivity contribution is -0.274. The quantitative estimate of drug-likeness (QED) is 0.693. The molecule has 0 spiro atoms. The number of aliphatic hydroxyl groups is 1. The molecule has 1 N–H and O–H groups in total. The van der Waals surface area contributed by atoms with E-state index < -0.39 is 17.4 Å². The van der Waals surface area contributed by atoms with Crippen molar-refractivity contribution in [1.82, 2.24) is 9.80 Å². The minimum atomic E-state index is -4.71. The minimum absolute atomic E-state index is 0.186. The summed E-state index contributed by atoms with van der Waals surface area (Å²) in [6, 6.07) is 7.26. The Bertz CT molecular complexity index is 797. The molecule has 0 amide bonds. The lowest BCUT2D eigenvalue weighted by Crippen LogP contribution is -2.51. The maximum atomic E-state index is 12.9. The zero-order valence-electron chi connectivity index (χ0n) is 18.7. The summed E-state index contributed by atoms with van der Waals surface area (Å²) < 4.78 is 42.8. The number of benzene rings is 1. The molecule has 178 valence electrons. The summed E-state index contributed by atoms with van der Waals surface area (Å²) in [7, 11) is 0. The molecule has 2 saturated heterocycles. The molecule has 0 bridgehead atoms. The monoisotopic (exact) mass is 452 g/mol. The summed E-state index contributed by atoms with van der Waals surface area (Å²) >= 11 is 0. The van der Waals surface area contributed by atoms with Crippen molar-refractivity contribution < 1.29 is 23.0 Å². The van der Waals surface area contributed by atoms with Crippen LogP contribution >= 0.6 is 0 Å². The standard InChI is InChI=1S/C25H35F3N2O2/c26-25(27,28)32-21-8-6-7-19(17-21)24(23(31)11-2-1-3-12-23)18-22(24)30-15-9-20(10-16-30)29-13-4-5-14-29/h6-8,17,20,22,31H,1-5,9-16,18H2. The molecule has 7 heteroatoms. The van der Waals surface area contributed by atoms with Crippen molar-refractivity contribution in [2.75, 3.05) is 26.2 Å². The van der Waals surface area contributed by atoms with Crippen molar-refractivity contribution in [2.45, 2.75) is 93.7 Å². The van der Waals surface area contributed by atoms with Gasteiger partial charge in [0.05, 0.1) is 5.60 Å². The van der Waals surface area contributed by atoms with Crippen LogP contribution in [0.1, 0.15) is 69.8 Å². The normalized spacial score (nSPS) is 32.2. The molecule has 2 heterocycles. The van der Waals surface area contributed by atoms with Gasteiger partial charge in [-0.2, -0.15) is 0 Å². The predicted octanol–water partition coefficient (Wildman–Crippen LogP) is 4.85. The lowest BCUT2D eigenvalue weighted by atomic mass is 9.69. The summed E-state index contributed by atoms with van der Waals surface area (Å²) in [6.45, 7) is 4.43. The van der Waals surface area contributed by atoms with Gasteiger partial charge in [0.25, 0.3) is 0 Å². The summed E-state index contributed by atoms with van der Waals surface area (Å²) in [5, 5.41) is 11.9. The van der Waals surface area contributed by atoms with E-state index in [1.807, 2.05) is 6.07 Å². The molecule has 4 aliphatic rings. The van der Waals surface area contributed by atoms with E-state index in [2.05, 4.69) is 14.5 Å². The summed E-state index contributed by atoms with van der Waals surface area (Å²) in [5.74, 6) is -0.188. The van der Waals surface area contributed by atoms with Gasteiger partial charge in [0.1, 0.15) is 5.75 Å². The highest BCUT2D eigenvalue weighted by Crippen LogP contribution is 2.62. The van der Waals surface area contributed by atoms with Crippen LogP contribution in [-0.4, -0.2) is 65.1 Å². The van der Waals surface area contributed by atoms with E-state index in [0.717, 1.165) is 70.0 Å². The molecule has 5 rings (SSSR count). The number of halogens is 3. The molecular formula is C25H35F3N2O2. The van der Waals surface area contributed by atoms with E-state index in [4.69, 9.17) is 0 Å². The van der Waals surface area contributed by atoms with E-state index in [0.29, 0.717) is 6.04 Å². The lowest BCUT2D eigenvalue weighted by Gasteiger charge is -2.44. The first-order valence-electron chi connectivity index (χ1n) is 12.4. The third-order valence-electron chi connectivity index (χ3n) is 8.61. The molecule has 2 aliphatic heterocycles. The molecule has 4 fully saturated rings. The predicted molar refractivity (Wildman–Crippen MR) is 117 cm³/mol. The minimum Gasteiger partial charge on any atom is -0.406 e. The van der Waals surface area contributed by atoms with Gasteiger partial charge in [-0.3, -0.25) is 4.90 Å². The number of piperidine rings is 1. The SMILES string of the molecule is OC1(C2(c3cccc(OC(F)(F)F)c3)CC2N2CCC(N3CCCC3)CC2)CCCCC1. The van der Waals surface area contributed by atoms with Gasteiger partial charge >= 0.3 is 6.36 Å². The number of hydrogen-bond donors (Lipinski definition) is 1. The fourth-order valence-corrected chi connectivity index (χ4v) is 6.99. The molecule has 1 aromatic rings. The summed E-state index contributed by atoms with van der Waals surface area (Å²) in [4.78, 5) is 5.14. The molecule has 2 aliphatic carbocycles. The van der Waals surface area contributed by atoms with Crippen LogP contribution in [0.4, 0.5) is 13.2 Å². The highest BCUT2D eigenvalue weighted by atomic mass is 19.4. The molecule has 2 unspecified atom stereocenters. The first-order valence-corrected chi connectivity index (χ1v) is 12.4. The van der Waals surface area contributed by atoms with Crippen LogP contribution in [0.15, 0.2) is 24.3 Å². The third kappa shape index (κ3) is 4.16. The average molecular weight is 453 g/mol. The van der Waals surface area contributed by atoms with Gasteiger partial charge in [-0.05, 0) is 88.8 Å². The van der Waals surface area contributed by atoms with E-state index >= 15 is 0 Å². The summed E-state index contributed by atoms with van der Waals surface area (Å²) in [6.07, 6.45) is 5.48. The van der Waals surface area contributed by atoms with E-state index in [1.165, 1.54) is 38.1 Å². The Morgan fingerprint density at radius 1 is 0.906 bits per heavy atom. The van der Waals surface area contributed by atoms with Crippen molar-refractivity contribution in [2.24, 2.45) is 0 Å². The topological polar surface area (TPSA) is 35.9 Å². The fourth-order valence-electron chi connectivity index (χ4n) is 6.99. The van der Waals surface area contributed by atoms with Crippen molar-refractivity contribution in [3.05, 3.63) is 29.8 Å². The van der Waals surface area contributed by atoms with Crippen molar-refractivity contribution in [1.29, 1.82) is 0 Å². The second-order valence-corrected chi connectivity index (χ2v) is 10.4. The third-order valence-corrected chi connectivity index (χ3v) is 8.61. The first-order chi connectivity index (χ1) is 15.3. The van der Waals surface area contributed by atoms with Crippen LogP contribution in [-0.2, 0) is 5.41 Å². The molecular weight excluding hydrogens is 417 g/mol. The largest absolute Gasteiger partial charge is 0.573 e. The van der Waals surface area contributed by atoms with E-state index in [-0.39, 0.29) is 11.8 Å². The Morgan fingerprint density at radius 3 is 2.25 bits per heavy atom. The number of hydrogen-bond acceptors (Lipinski definition) is 4. The number of alkyl halides is 3. The molecule has 1 aromatic carbocycles. The van der Waals surface area contributed by atoms with Crippen molar-refractivity contribution in [3.63, 3.8) is 0 Å². The Labute approximate surface area is 188 Å². The zero-order chi connectivity index (χ0) is 22.4. The number of ether oxygens (including phenoxy) is 1. The maximum absolute atomic E-state index is 12.9. The number of likely N-dealkylation sites (tertiary alicyclic amines) is 2. The molecule has 4 nitrogen and oxygen atoms in total. The summed E-state index contributed by atoms with van der Waals surface area (Å²) in [5.41, 5.74) is -0.562. The van der Waals surface area contributed by atoms with Crippen LogP contribution < -0.4 is 4.74 Å². The molecule has 0 aromatic heterocycles. The molecule has 0 radical (unpaired) electrons. The number of nitrogens with zero attached hydrogens (tertiary/aromatic N) is 2. The van der Waals surface area contributed by atoms with Crippen LogP contribution in [0.3, 0.4) is 0 Å². The molecule has 2 atom stereocenters. The second kappa shape index (κ2) is 8.48. The van der Waals surface area contributed by atoms with Crippen molar-refractivity contribution >= 4 is 0 Å². The van der Waals surface area contributed by atoms with Crippen LogP contribution in [0.25, 0.3) is 0 Å². The van der Waals surface area contributed by atoms with Crippen LogP contribution in [0, 0.1) is 0 Å². The Morgan fingerprint density at radius 2 is 1.59 bits per heavy atom. The van der Waals surface area contributed by atoms with Gasteiger partial charge in [0.15, 0.2) is 0 Å².